The molecule has 30 heavy (non-hydrogen) atoms. The Hall–Kier alpha value is 0.340. The lowest BCUT2D eigenvalue weighted by molar-refractivity contribution is -0.0354. The molecule has 1 nitrogen and oxygen atoms in total. The van der Waals surface area contributed by atoms with Gasteiger partial charge in [-0.2, -0.15) is 61.5 Å². The Morgan fingerprint density at radius 3 is 0.967 bits per heavy atom. The molecule has 176 valence electrons. The van der Waals surface area contributed by atoms with Crippen LogP contribution in [0.15, 0.2) is 19.8 Å². The number of aromatic nitrogens is 1. The molecule has 0 spiro atoms. The summed E-state index contributed by atoms with van der Waals surface area (Å²) in [6.45, 7) is 0. The lowest BCUT2D eigenvalue weighted by Crippen LogP contribution is -2.10. The SMILES string of the molecule is FC(F)(F)Sc1c(SC(F)(F)F)c(SC(F)(F)F)n(SC(F)(F)Cl)c1SC(F)(F)F. The largest absolute Gasteiger partial charge is 0.447 e. The first kappa shape index (κ1) is 28.4. The average Bonchev–Trinajstić information content (AvgIpc) is 2.57. The molecule has 0 radical (unpaired) electrons. The van der Waals surface area contributed by atoms with E-state index in [-0.39, 0.29) is 0 Å². The summed E-state index contributed by atoms with van der Waals surface area (Å²) in [7, 11) is 0. The smallest absolute Gasteiger partial charge is 0.263 e. The maximum Gasteiger partial charge on any atom is 0.447 e. The third kappa shape index (κ3) is 10.3. The maximum absolute atomic E-state index is 13.1. The van der Waals surface area contributed by atoms with Crippen molar-refractivity contribution < 1.29 is 61.5 Å². The summed E-state index contributed by atoms with van der Waals surface area (Å²) < 4.78 is 174. The molecule has 1 heterocycles. The van der Waals surface area contributed by atoms with Gasteiger partial charge in [0, 0.05) is 23.5 Å². The summed E-state index contributed by atoms with van der Waals surface area (Å²) in [4.78, 5) is -3.99. The molecule has 0 atom stereocenters. The Labute approximate surface area is 182 Å². The molecular weight excluding hydrogens is 584 g/mol. The molecule has 0 aliphatic heterocycles. The normalized spacial score (nSPS) is 14.5. The molecule has 0 saturated heterocycles. The third-order valence-electron chi connectivity index (χ3n) is 2.02. The first-order valence-corrected chi connectivity index (χ1v) is 10.5. The van der Waals surface area contributed by atoms with Crippen LogP contribution in [0.25, 0.3) is 0 Å². The van der Waals surface area contributed by atoms with Crippen LogP contribution in [0.5, 0.6) is 0 Å². The van der Waals surface area contributed by atoms with Crippen molar-refractivity contribution in [3.05, 3.63) is 0 Å². The first-order valence-electron chi connectivity index (χ1n) is 6.05. The molecule has 0 aliphatic rings. The Morgan fingerprint density at radius 1 is 0.500 bits per heavy atom. The molecule has 1 rings (SSSR count). The molecule has 0 N–H and O–H groups in total. The number of hydrogen-bond acceptors (Lipinski definition) is 5. The second kappa shape index (κ2) is 9.30. The Morgan fingerprint density at radius 2 is 0.767 bits per heavy atom. The van der Waals surface area contributed by atoms with Crippen LogP contribution in [-0.4, -0.2) is 30.7 Å². The minimum Gasteiger partial charge on any atom is -0.263 e. The summed E-state index contributed by atoms with van der Waals surface area (Å²) >= 11 is -3.34. The highest BCUT2D eigenvalue weighted by atomic mass is 35.5. The quantitative estimate of drug-likeness (QED) is 0.186. The summed E-state index contributed by atoms with van der Waals surface area (Å²) in [5, 5.41) is -3.98. The van der Waals surface area contributed by atoms with E-state index in [0.29, 0.717) is 0 Å². The van der Waals surface area contributed by atoms with E-state index < -0.39 is 110 Å². The van der Waals surface area contributed by atoms with Gasteiger partial charge >= 0.3 is 26.7 Å². The van der Waals surface area contributed by atoms with Crippen LogP contribution in [-0.2, 0) is 0 Å². The van der Waals surface area contributed by atoms with Crippen molar-refractivity contribution >= 4 is 70.6 Å². The highest BCUT2D eigenvalue weighted by Gasteiger charge is 2.47. The van der Waals surface area contributed by atoms with Gasteiger partial charge in [0.05, 0.1) is 21.7 Å². The lowest BCUT2D eigenvalue weighted by Gasteiger charge is -2.16. The van der Waals surface area contributed by atoms with Crippen LogP contribution in [0, 0.1) is 0 Å². The van der Waals surface area contributed by atoms with Crippen molar-refractivity contribution in [2.75, 3.05) is 0 Å². The summed E-state index contributed by atoms with van der Waals surface area (Å²) in [5.74, 6) is 0. The van der Waals surface area contributed by atoms with Gasteiger partial charge in [0.2, 0.25) is 0 Å². The second-order valence-corrected chi connectivity index (χ2v) is 10.3. The number of halogens is 15. The number of hydrogen-bond donors (Lipinski definition) is 0. The molecule has 1 aromatic rings. The number of thioether (sulfide) groups is 4. The Bertz CT molecular complexity index is 580. The molecular formula is C9ClF14NS5. The van der Waals surface area contributed by atoms with E-state index in [1.165, 1.54) is 0 Å². The summed E-state index contributed by atoms with van der Waals surface area (Å²) in [5.41, 5.74) is -22.3. The van der Waals surface area contributed by atoms with Gasteiger partial charge in [0.15, 0.2) is 0 Å². The molecule has 0 bridgehead atoms. The molecule has 21 heteroatoms. The molecule has 0 aliphatic carbocycles. The van der Waals surface area contributed by atoms with Crippen LogP contribution in [0.2, 0.25) is 0 Å². The zero-order valence-corrected chi connectivity index (χ0v) is 17.5. The van der Waals surface area contributed by atoms with E-state index >= 15 is 0 Å². The third-order valence-corrected chi connectivity index (χ3v) is 6.89. The van der Waals surface area contributed by atoms with Crippen molar-refractivity contribution in [3.8, 4) is 0 Å². The van der Waals surface area contributed by atoms with Gasteiger partial charge < -0.3 is 0 Å². The molecule has 1 aromatic heterocycles. The van der Waals surface area contributed by atoms with Gasteiger partial charge in [-0.3, -0.25) is 3.97 Å². The van der Waals surface area contributed by atoms with Gasteiger partial charge in [0.25, 0.3) is 0 Å². The van der Waals surface area contributed by atoms with Crippen LogP contribution in [0.3, 0.4) is 0 Å². The maximum atomic E-state index is 13.1. The van der Waals surface area contributed by atoms with Crippen molar-refractivity contribution in [2.24, 2.45) is 0 Å². The van der Waals surface area contributed by atoms with E-state index in [4.69, 9.17) is 0 Å². The van der Waals surface area contributed by atoms with E-state index in [9.17, 15) is 61.5 Å². The van der Waals surface area contributed by atoms with Crippen LogP contribution in [0.1, 0.15) is 0 Å². The zero-order chi connectivity index (χ0) is 23.9. The van der Waals surface area contributed by atoms with Gasteiger partial charge in [-0.05, 0) is 35.1 Å². The van der Waals surface area contributed by atoms with Crippen molar-refractivity contribution in [1.29, 1.82) is 0 Å². The van der Waals surface area contributed by atoms with E-state index in [1.807, 2.05) is 0 Å². The minimum atomic E-state index is -5.58. The fourth-order valence-electron chi connectivity index (χ4n) is 1.46. The minimum absolute atomic E-state index is 0.745. The van der Waals surface area contributed by atoms with Crippen molar-refractivity contribution in [2.45, 2.75) is 46.6 Å². The average molecular weight is 584 g/mol. The van der Waals surface area contributed by atoms with Crippen LogP contribution < -0.4 is 0 Å². The Kier molecular flexibility index (Phi) is 8.79. The van der Waals surface area contributed by atoms with Crippen molar-refractivity contribution in [3.63, 3.8) is 0 Å². The molecule has 0 fully saturated rings. The summed E-state index contributed by atoms with van der Waals surface area (Å²) in [6, 6.07) is 0. The molecule has 0 unspecified atom stereocenters. The van der Waals surface area contributed by atoms with Crippen LogP contribution >= 0.6 is 70.6 Å². The topological polar surface area (TPSA) is 4.93 Å². The zero-order valence-electron chi connectivity index (χ0n) is 12.7. The van der Waals surface area contributed by atoms with Crippen molar-refractivity contribution in [1.82, 2.24) is 3.97 Å². The number of rotatable bonds is 6. The summed E-state index contributed by atoms with van der Waals surface area (Å²) in [6.07, 6.45) is 0. The van der Waals surface area contributed by atoms with Gasteiger partial charge in [-0.25, -0.2) is 0 Å². The molecule has 0 saturated carbocycles. The Balaban J connectivity index is 3.97. The van der Waals surface area contributed by atoms with Gasteiger partial charge in [0.1, 0.15) is 10.1 Å². The molecule has 0 aromatic carbocycles. The van der Waals surface area contributed by atoms with E-state index in [2.05, 4.69) is 11.6 Å². The number of alkyl halides is 15. The number of nitrogens with zero attached hydrogens (tertiary/aromatic N) is 1. The molecule has 0 amide bonds. The predicted molar refractivity (Wildman–Crippen MR) is 85.9 cm³/mol. The van der Waals surface area contributed by atoms with E-state index in [0.717, 1.165) is 0 Å². The second-order valence-electron chi connectivity index (χ2n) is 4.29. The first-order chi connectivity index (χ1) is 13.0. The van der Waals surface area contributed by atoms with Gasteiger partial charge in [-0.15, -0.1) is 0 Å². The standard InChI is InChI=1S/C9ClF14NS5/c10-5(11,12)30-25-3(28-8(19,20)21)1(26-6(13,14)15)2(27-7(16,17)18)4(25)29-9(22,23)24. The van der Waals surface area contributed by atoms with E-state index in [1.54, 1.807) is 0 Å². The monoisotopic (exact) mass is 583 g/mol. The highest BCUT2D eigenvalue weighted by Crippen LogP contribution is 2.59. The fraction of sp³-hybridized carbons (Fsp3) is 0.556. The lowest BCUT2D eigenvalue weighted by atomic mass is 10.6. The van der Waals surface area contributed by atoms with Crippen LogP contribution in [0.4, 0.5) is 61.5 Å². The predicted octanol–water partition coefficient (Wildman–Crippen LogP) is 9.22. The fourth-order valence-corrected chi connectivity index (χ4v) is 6.10. The van der Waals surface area contributed by atoms with Gasteiger partial charge in [-0.1, -0.05) is 0 Å². The highest BCUT2D eigenvalue weighted by molar-refractivity contribution is 8.07.